The van der Waals surface area contributed by atoms with E-state index in [1.165, 1.54) is 5.75 Å². The summed E-state index contributed by atoms with van der Waals surface area (Å²) in [6, 6.07) is 0. The molecule has 1 unspecified atom stereocenters. The summed E-state index contributed by atoms with van der Waals surface area (Å²) in [5.41, 5.74) is 0. The Balaban J connectivity index is 0.00000289. The first-order valence-electron chi connectivity index (χ1n) is 6.19. The predicted octanol–water partition coefficient (Wildman–Crippen LogP) is 2.28. The maximum atomic E-state index is 5.25. The molecule has 1 saturated heterocycles. The van der Waals surface area contributed by atoms with E-state index in [0.29, 0.717) is 11.2 Å². The van der Waals surface area contributed by atoms with Crippen LogP contribution in [0.15, 0.2) is 4.99 Å². The Morgan fingerprint density at radius 1 is 1.61 bits per heavy atom. The molecular formula is C13H24IN3S. The van der Waals surface area contributed by atoms with Crippen LogP contribution >= 0.6 is 35.7 Å². The molecule has 1 rings (SSSR count). The molecule has 1 aliphatic rings. The highest BCUT2D eigenvalue weighted by Crippen LogP contribution is 2.24. The van der Waals surface area contributed by atoms with Crippen molar-refractivity contribution in [2.24, 2.45) is 10.9 Å². The highest BCUT2D eigenvalue weighted by Gasteiger charge is 2.24. The van der Waals surface area contributed by atoms with E-state index in [1.807, 2.05) is 7.05 Å². The zero-order chi connectivity index (χ0) is 12.7. The SMILES string of the molecule is C#CCCNC(=NC)N1CCSC(C(C)C)C1.I. The van der Waals surface area contributed by atoms with Crippen molar-refractivity contribution in [1.82, 2.24) is 10.2 Å². The van der Waals surface area contributed by atoms with Crippen LogP contribution in [0.25, 0.3) is 0 Å². The largest absolute Gasteiger partial charge is 0.355 e. The molecule has 0 bridgehead atoms. The van der Waals surface area contributed by atoms with E-state index in [4.69, 9.17) is 6.42 Å². The van der Waals surface area contributed by atoms with Crippen molar-refractivity contribution in [2.45, 2.75) is 25.5 Å². The number of nitrogens with one attached hydrogen (secondary N) is 1. The monoisotopic (exact) mass is 381 g/mol. The van der Waals surface area contributed by atoms with E-state index < -0.39 is 0 Å². The normalized spacial score (nSPS) is 20.3. The fourth-order valence-electron chi connectivity index (χ4n) is 1.85. The number of aliphatic imine (C=N–C) groups is 1. The molecule has 0 spiro atoms. The molecule has 1 atom stereocenters. The van der Waals surface area contributed by atoms with Crippen LogP contribution in [0.3, 0.4) is 0 Å². The zero-order valence-electron chi connectivity index (χ0n) is 11.5. The number of rotatable bonds is 3. The Hall–Kier alpha value is -0.0900. The molecular weight excluding hydrogens is 357 g/mol. The standard InChI is InChI=1S/C13H23N3S.HI/c1-5-6-7-15-13(14-4)16-8-9-17-12(10-16)11(2)3;/h1,11-12H,6-10H2,2-4H3,(H,14,15);1H. The molecule has 1 heterocycles. The number of halogens is 1. The predicted molar refractivity (Wildman–Crippen MR) is 92.9 cm³/mol. The number of hydrogen-bond acceptors (Lipinski definition) is 2. The number of guanidine groups is 1. The minimum atomic E-state index is 0. The van der Waals surface area contributed by atoms with Gasteiger partial charge in [-0.05, 0) is 5.92 Å². The van der Waals surface area contributed by atoms with Gasteiger partial charge in [-0.3, -0.25) is 4.99 Å². The minimum absolute atomic E-state index is 0. The van der Waals surface area contributed by atoms with Crippen LogP contribution in [0.1, 0.15) is 20.3 Å². The Bertz CT molecular complexity index is 299. The first-order valence-corrected chi connectivity index (χ1v) is 7.24. The van der Waals surface area contributed by atoms with Gasteiger partial charge in [0.05, 0.1) is 0 Å². The van der Waals surface area contributed by atoms with Gasteiger partial charge in [0, 0.05) is 44.1 Å². The van der Waals surface area contributed by atoms with Crippen molar-refractivity contribution in [2.75, 3.05) is 32.4 Å². The molecule has 0 amide bonds. The zero-order valence-corrected chi connectivity index (χ0v) is 14.6. The van der Waals surface area contributed by atoms with Gasteiger partial charge >= 0.3 is 0 Å². The van der Waals surface area contributed by atoms with Gasteiger partial charge in [-0.25, -0.2) is 0 Å². The van der Waals surface area contributed by atoms with E-state index in [-0.39, 0.29) is 24.0 Å². The molecule has 1 aliphatic heterocycles. The Morgan fingerprint density at radius 2 is 2.33 bits per heavy atom. The van der Waals surface area contributed by atoms with Crippen molar-refractivity contribution >= 4 is 41.7 Å². The fraction of sp³-hybridized carbons (Fsp3) is 0.769. The van der Waals surface area contributed by atoms with Gasteiger partial charge in [0.15, 0.2) is 5.96 Å². The Kier molecular flexibility index (Phi) is 9.74. The molecule has 5 heteroatoms. The van der Waals surface area contributed by atoms with Crippen molar-refractivity contribution in [3.63, 3.8) is 0 Å². The third kappa shape index (κ3) is 5.70. The summed E-state index contributed by atoms with van der Waals surface area (Å²) in [6.45, 7) is 7.53. The Labute approximate surface area is 133 Å². The third-order valence-corrected chi connectivity index (χ3v) is 4.44. The molecule has 0 aliphatic carbocycles. The van der Waals surface area contributed by atoms with E-state index in [0.717, 1.165) is 32.0 Å². The Morgan fingerprint density at radius 3 is 2.89 bits per heavy atom. The quantitative estimate of drug-likeness (QED) is 0.267. The van der Waals surface area contributed by atoms with Gasteiger partial charge in [-0.2, -0.15) is 11.8 Å². The van der Waals surface area contributed by atoms with Gasteiger partial charge in [0.1, 0.15) is 0 Å². The second-order valence-corrected chi connectivity index (χ2v) is 5.87. The van der Waals surface area contributed by atoms with Gasteiger partial charge in [-0.15, -0.1) is 36.3 Å². The lowest BCUT2D eigenvalue weighted by Crippen LogP contribution is -2.49. The van der Waals surface area contributed by atoms with Crippen LogP contribution in [0.4, 0.5) is 0 Å². The summed E-state index contributed by atoms with van der Waals surface area (Å²) in [7, 11) is 1.84. The lowest BCUT2D eigenvalue weighted by Gasteiger charge is -2.36. The first-order chi connectivity index (χ1) is 8.19. The highest BCUT2D eigenvalue weighted by atomic mass is 127. The van der Waals surface area contributed by atoms with E-state index in [1.54, 1.807) is 0 Å². The molecule has 18 heavy (non-hydrogen) atoms. The lowest BCUT2D eigenvalue weighted by atomic mass is 10.1. The summed E-state index contributed by atoms with van der Waals surface area (Å²) in [5.74, 6) is 5.52. The summed E-state index contributed by atoms with van der Waals surface area (Å²) in [4.78, 5) is 6.68. The molecule has 1 fully saturated rings. The van der Waals surface area contributed by atoms with Crippen molar-refractivity contribution < 1.29 is 0 Å². The molecule has 0 aromatic heterocycles. The van der Waals surface area contributed by atoms with Gasteiger partial charge in [0.25, 0.3) is 0 Å². The van der Waals surface area contributed by atoms with Gasteiger partial charge < -0.3 is 10.2 Å². The van der Waals surface area contributed by atoms with E-state index in [2.05, 4.69) is 46.7 Å². The molecule has 0 aromatic carbocycles. The number of hydrogen-bond donors (Lipinski definition) is 1. The number of nitrogens with zero attached hydrogens (tertiary/aromatic N) is 2. The van der Waals surface area contributed by atoms with Crippen LogP contribution in [0.2, 0.25) is 0 Å². The highest BCUT2D eigenvalue weighted by molar-refractivity contribution is 14.0. The molecule has 0 radical (unpaired) electrons. The fourth-order valence-corrected chi connectivity index (χ4v) is 3.15. The first kappa shape index (κ1) is 17.9. The van der Waals surface area contributed by atoms with Crippen LogP contribution in [-0.2, 0) is 0 Å². The molecule has 0 aromatic rings. The van der Waals surface area contributed by atoms with Crippen LogP contribution < -0.4 is 5.32 Å². The average molecular weight is 381 g/mol. The molecule has 1 N–H and O–H groups in total. The summed E-state index contributed by atoms with van der Waals surface area (Å²) < 4.78 is 0. The second kappa shape index (κ2) is 9.79. The lowest BCUT2D eigenvalue weighted by molar-refractivity contribution is 0.381. The van der Waals surface area contributed by atoms with Crippen LogP contribution in [0, 0.1) is 18.3 Å². The van der Waals surface area contributed by atoms with Crippen molar-refractivity contribution in [1.29, 1.82) is 0 Å². The summed E-state index contributed by atoms with van der Waals surface area (Å²) >= 11 is 2.07. The van der Waals surface area contributed by atoms with Crippen molar-refractivity contribution in [3.8, 4) is 12.3 Å². The van der Waals surface area contributed by atoms with E-state index >= 15 is 0 Å². The average Bonchev–Trinajstić information content (AvgIpc) is 2.35. The smallest absolute Gasteiger partial charge is 0.193 e. The molecule has 104 valence electrons. The summed E-state index contributed by atoms with van der Waals surface area (Å²) in [6.07, 6.45) is 5.99. The summed E-state index contributed by atoms with van der Waals surface area (Å²) in [5, 5.41) is 4.03. The molecule has 0 saturated carbocycles. The maximum Gasteiger partial charge on any atom is 0.193 e. The van der Waals surface area contributed by atoms with Gasteiger partial charge in [-0.1, -0.05) is 13.8 Å². The number of terminal acetylenes is 1. The number of thioether (sulfide) groups is 1. The second-order valence-electron chi connectivity index (χ2n) is 4.53. The van der Waals surface area contributed by atoms with Crippen LogP contribution in [0.5, 0.6) is 0 Å². The maximum absolute atomic E-state index is 5.25. The van der Waals surface area contributed by atoms with Crippen LogP contribution in [-0.4, -0.2) is 48.5 Å². The topological polar surface area (TPSA) is 27.6 Å². The van der Waals surface area contributed by atoms with Crippen molar-refractivity contribution in [3.05, 3.63) is 0 Å². The molecule has 3 nitrogen and oxygen atoms in total. The van der Waals surface area contributed by atoms with E-state index in [9.17, 15) is 0 Å². The third-order valence-electron chi connectivity index (χ3n) is 2.90. The van der Waals surface area contributed by atoms with Gasteiger partial charge in [0.2, 0.25) is 0 Å². The minimum Gasteiger partial charge on any atom is -0.355 e.